The number of hydrogen-bond acceptors (Lipinski definition) is 3. The van der Waals surface area contributed by atoms with Gasteiger partial charge < -0.3 is 10.4 Å². The van der Waals surface area contributed by atoms with Gasteiger partial charge in [-0.2, -0.15) is 5.10 Å². The second-order valence-electron chi connectivity index (χ2n) is 4.36. The fourth-order valence-corrected chi connectivity index (χ4v) is 1.76. The molecule has 0 saturated carbocycles. The molecule has 0 radical (unpaired) electrons. The van der Waals surface area contributed by atoms with Gasteiger partial charge in [-0.05, 0) is 25.8 Å². The van der Waals surface area contributed by atoms with Crippen LogP contribution in [0.2, 0.25) is 0 Å². The largest absolute Gasteiger partial charge is 0.396 e. The van der Waals surface area contributed by atoms with Gasteiger partial charge in [-0.15, -0.1) is 0 Å². The summed E-state index contributed by atoms with van der Waals surface area (Å²) in [6.45, 7) is 5.54. The summed E-state index contributed by atoms with van der Waals surface area (Å²) in [5, 5.41) is 16.6. The predicted molar refractivity (Wildman–Crippen MR) is 65.1 cm³/mol. The molecule has 2 N–H and O–H groups in total. The number of rotatable bonds is 7. The summed E-state index contributed by atoms with van der Waals surface area (Å²) in [6, 6.07) is 0.321. The van der Waals surface area contributed by atoms with Gasteiger partial charge in [-0.3, -0.25) is 4.68 Å². The van der Waals surface area contributed by atoms with Crippen LogP contribution in [0.25, 0.3) is 0 Å². The Kier molecular flexibility index (Phi) is 5.49. The number of hydrogen-bond donors (Lipinski definition) is 2. The summed E-state index contributed by atoms with van der Waals surface area (Å²) in [6.07, 6.45) is 5.91. The maximum atomic E-state index is 8.91. The van der Waals surface area contributed by atoms with Crippen LogP contribution in [0.1, 0.15) is 38.3 Å². The van der Waals surface area contributed by atoms with Crippen LogP contribution in [-0.2, 0) is 7.05 Å². The highest BCUT2D eigenvalue weighted by atomic mass is 16.3. The molecule has 0 spiro atoms. The van der Waals surface area contributed by atoms with Crippen LogP contribution in [0.5, 0.6) is 0 Å². The molecular formula is C12H23N3O. The summed E-state index contributed by atoms with van der Waals surface area (Å²) in [7, 11) is 1.93. The molecule has 0 aliphatic heterocycles. The van der Waals surface area contributed by atoms with Crippen molar-refractivity contribution in [1.82, 2.24) is 15.1 Å². The van der Waals surface area contributed by atoms with Gasteiger partial charge in [0.05, 0.1) is 6.20 Å². The summed E-state index contributed by atoms with van der Waals surface area (Å²) in [5.41, 5.74) is 1.21. The lowest BCUT2D eigenvalue weighted by atomic mass is 10.0. The fraction of sp³-hybridized carbons (Fsp3) is 0.750. The van der Waals surface area contributed by atoms with E-state index >= 15 is 0 Å². The number of nitrogens with one attached hydrogen (secondary N) is 1. The van der Waals surface area contributed by atoms with Gasteiger partial charge in [0, 0.05) is 31.5 Å². The molecule has 1 aromatic heterocycles. The van der Waals surface area contributed by atoms with Crippen molar-refractivity contribution in [3.63, 3.8) is 0 Å². The molecule has 0 aromatic carbocycles. The summed E-state index contributed by atoms with van der Waals surface area (Å²) in [4.78, 5) is 0. The first-order valence-corrected chi connectivity index (χ1v) is 6.00. The first-order chi connectivity index (χ1) is 7.67. The van der Waals surface area contributed by atoms with Crippen LogP contribution in [0.3, 0.4) is 0 Å². The van der Waals surface area contributed by atoms with Gasteiger partial charge >= 0.3 is 0 Å². The first kappa shape index (κ1) is 13.2. The molecule has 0 bridgehead atoms. The highest BCUT2D eigenvalue weighted by Gasteiger charge is 2.10. The van der Waals surface area contributed by atoms with Crippen LogP contribution < -0.4 is 5.32 Å². The van der Waals surface area contributed by atoms with Crippen molar-refractivity contribution in [3.05, 3.63) is 18.0 Å². The van der Waals surface area contributed by atoms with Crippen molar-refractivity contribution in [3.8, 4) is 0 Å². The molecule has 0 amide bonds. The zero-order chi connectivity index (χ0) is 12.0. The minimum atomic E-state index is 0.279. The Labute approximate surface area is 97.7 Å². The lowest BCUT2D eigenvalue weighted by Gasteiger charge is -2.18. The third-order valence-corrected chi connectivity index (χ3v) is 3.05. The van der Waals surface area contributed by atoms with Crippen LogP contribution >= 0.6 is 0 Å². The van der Waals surface area contributed by atoms with E-state index in [0.717, 1.165) is 19.4 Å². The van der Waals surface area contributed by atoms with Crippen molar-refractivity contribution < 1.29 is 5.11 Å². The number of aliphatic hydroxyl groups is 1. The number of aryl methyl sites for hydroxylation is 1. The molecule has 92 valence electrons. The minimum Gasteiger partial charge on any atom is -0.396 e. The van der Waals surface area contributed by atoms with Crippen molar-refractivity contribution in [2.75, 3.05) is 13.2 Å². The molecule has 0 saturated heterocycles. The molecule has 0 aliphatic carbocycles. The normalized spacial score (nSPS) is 15.0. The molecule has 0 fully saturated rings. The zero-order valence-electron chi connectivity index (χ0n) is 10.5. The average molecular weight is 225 g/mol. The maximum Gasteiger partial charge on any atom is 0.0537 e. The molecule has 2 unspecified atom stereocenters. The Balaban J connectivity index is 2.36. The van der Waals surface area contributed by atoms with E-state index < -0.39 is 0 Å². The predicted octanol–water partition coefficient (Wildman–Crippen LogP) is 1.48. The van der Waals surface area contributed by atoms with Crippen LogP contribution in [0, 0.1) is 5.92 Å². The second-order valence-corrected chi connectivity index (χ2v) is 4.36. The van der Waals surface area contributed by atoms with E-state index in [4.69, 9.17) is 5.11 Å². The maximum absolute atomic E-state index is 8.91. The van der Waals surface area contributed by atoms with E-state index in [9.17, 15) is 0 Å². The third-order valence-electron chi connectivity index (χ3n) is 3.05. The molecular weight excluding hydrogens is 202 g/mol. The molecule has 4 heteroatoms. The van der Waals surface area contributed by atoms with Crippen LogP contribution in [-0.4, -0.2) is 28.0 Å². The van der Waals surface area contributed by atoms with Crippen molar-refractivity contribution in [1.29, 1.82) is 0 Å². The summed E-state index contributed by atoms with van der Waals surface area (Å²) in [5.74, 6) is 0.559. The van der Waals surface area contributed by atoms with Crippen molar-refractivity contribution >= 4 is 0 Å². The number of aliphatic hydroxyl groups excluding tert-OH is 1. The molecule has 1 heterocycles. The first-order valence-electron chi connectivity index (χ1n) is 6.00. The molecule has 4 nitrogen and oxygen atoms in total. The Morgan fingerprint density at radius 1 is 1.56 bits per heavy atom. The molecule has 16 heavy (non-hydrogen) atoms. The highest BCUT2D eigenvalue weighted by Crippen LogP contribution is 2.12. The monoisotopic (exact) mass is 225 g/mol. The minimum absolute atomic E-state index is 0.279. The average Bonchev–Trinajstić information content (AvgIpc) is 2.70. The van der Waals surface area contributed by atoms with Gasteiger partial charge in [-0.25, -0.2) is 0 Å². The second kappa shape index (κ2) is 6.66. The zero-order valence-corrected chi connectivity index (χ0v) is 10.5. The Bertz CT molecular complexity index is 298. The smallest absolute Gasteiger partial charge is 0.0537 e. The number of nitrogens with zero attached hydrogens (tertiary/aromatic N) is 2. The Hall–Kier alpha value is -0.870. The fourth-order valence-electron chi connectivity index (χ4n) is 1.76. The Morgan fingerprint density at radius 2 is 2.31 bits per heavy atom. The lowest BCUT2D eigenvalue weighted by molar-refractivity contribution is 0.249. The van der Waals surface area contributed by atoms with E-state index in [2.05, 4.69) is 24.3 Å². The van der Waals surface area contributed by atoms with E-state index in [1.807, 2.05) is 24.1 Å². The third kappa shape index (κ3) is 3.94. The van der Waals surface area contributed by atoms with Crippen LogP contribution in [0.15, 0.2) is 12.4 Å². The number of aromatic nitrogens is 2. The van der Waals surface area contributed by atoms with Gasteiger partial charge in [0.1, 0.15) is 0 Å². The molecule has 1 aromatic rings. The summed E-state index contributed by atoms with van der Waals surface area (Å²) >= 11 is 0. The molecule has 2 atom stereocenters. The van der Waals surface area contributed by atoms with Gasteiger partial charge in [0.25, 0.3) is 0 Å². The van der Waals surface area contributed by atoms with Gasteiger partial charge in [-0.1, -0.05) is 13.3 Å². The van der Waals surface area contributed by atoms with Gasteiger partial charge in [0.2, 0.25) is 0 Å². The van der Waals surface area contributed by atoms with E-state index in [0.29, 0.717) is 12.0 Å². The van der Waals surface area contributed by atoms with Gasteiger partial charge in [0.15, 0.2) is 0 Å². The topological polar surface area (TPSA) is 50.1 Å². The van der Waals surface area contributed by atoms with E-state index in [1.165, 1.54) is 5.56 Å². The van der Waals surface area contributed by atoms with Crippen molar-refractivity contribution in [2.45, 2.75) is 32.7 Å². The van der Waals surface area contributed by atoms with E-state index in [1.54, 1.807) is 0 Å². The lowest BCUT2D eigenvalue weighted by Crippen LogP contribution is -2.26. The quantitative estimate of drug-likeness (QED) is 0.739. The SMILES string of the molecule is CCC(CCO)CNC(C)c1cnn(C)c1. The van der Waals surface area contributed by atoms with E-state index in [-0.39, 0.29) is 6.61 Å². The highest BCUT2D eigenvalue weighted by molar-refractivity contribution is 5.08. The van der Waals surface area contributed by atoms with Crippen LogP contribution in [0.4, 0.5) is 0 Å². The summed E-state index contributed by atoms with van der Waals surface area (Å²) < 4.78 is 1.82. The standard InChI is InChI=1S/C12H23N3O/c1-4-11(5-6-16)7-13-10(2)12-8-14-15(3)9-12/h8-11,13,16H,4-7H2,1-3H3. The Morgan fingerprint density at radius 3 is 2.81 bits per heavy atom. The van der Waals surface area contributed by atoms with Crippen molar-refractivity contribution in [2.24, 2.45) is 13.0 Å². The molecule has 1 rings (SSSR count). The molecule has 0 aliphatic rings.